The van der Waals surface area contributed by atoms with E-state index in [1.54, 1.807) is 6.07 Å². The molecular formula is C11H15NO5. The van der Waals surface area contributed by atoms with Crippen molar-refractivity contribution in [3.8, 4) is 11.5 Å². The molecule has 0 aliphatic carbocycles. The molecule has 0 radical (unpaired) electrons. The molecule has 0 spiro atoms. The van der Waals surface area contributed by atoms with E-state index in [0.717, 1.165) is 0 Å². The Morgan fingerprint density at radius 3 is 2.76 bits per heavy atom. The number of carboxylic acid groups (broad SMARTS) is 1. The topological polar surface area (TPSA) is 113 Å². The Kier molecular flexibility index (Phi) is 4.74. The van der Waals surface area contributed by atoms with Crippen LogP contribution in [0.1, 0.15) is 18.1 Å². The summed E-state index contributed by atoms with van der Waals surface area (Å²) in [5.74, 6) is -1.06. The molecule has 6 nitrogen and oxygen atoms in total. The van der Waals surface area contributed by atoms with Crippen molar-refractivity contribution >= 4 is 5.97 Å². The zero-order chi connectivity index (χ0) is 12.8. The van der Waals surface area contributed by atoms with Crippen molar-refractivity contribution in [3.63, 3.8) is 0 Å². The highest BCUT2D eigenvalue weighted by Crippen LogP contribution is 2.33. The summed E-state index contributed by atoms with van der Waals surface area (Å²) >= 11 is 0. The van der Waals surface area contributed by atoms with Gasteiger partial charge in [0, 0.05) is 12.1 Å². The van der Waals surface area contributed by atoms with E-state index in [9.17, 15) is 15.0 Å². The number of aliphatic hydroxyl groups excluding tert-OH is 1. The molecule has 1 rings (SSSR count). The average molecular weight is 241 g/mol. The van der Waals surface area contributed by atoms with E-state index in [0.29, 0.717) is 0 Å². The van der Waals surface area contributed by atoms with Crippen LogP contribution in [0.4, 0.5) is 0 Å². The Bertz CT molecular complexity index is 393. The fourth-order valence-electron chi connectivity index (χ4n) is 1.30. The molecule has 5 N–H and O–H groups in total. The zero-order valence-electron chi connectivity index (χ0n) is 9.17. The number of benzene rings is 1. The lowest BCUT2D eigenvalue weighted by Gasteiger charge is -2.13. The Labute approximate surface area is 98.3 Å². The van der Waals surface area contributed by atoms with Crippen molar-refractivity contribution in [2.45, 2.75) is 12.5 Å². The van der Waals surface area contributed by atoms with Crippen LogP contribution in [0.5, 0.6) is 11.5 Å². The molecule has 17 heavy (non-hydrogen) atoms. The molecule has 0 saturated carbocycles. The molecule has 1 atom stereocenters. The molecular weight excluding hydrogens is 226 g/mol. The smallest absolute Gasteiger partial charge is 0.306 e. The highest BCUT2D eigenvalue weighted by Gasteiger charge is 2.14. The van der Waals surface area contributed by atoms with E-state index in [4.69, 9.17) is 15.6 Å². The Morgan fingerprint density at radius 1 is 1.47 bits per heavy atom. The first-order valence-corrected chi connectivity index (χ1v) is 5.11. The van der Waals surface area contributed by atoms with Crippen LogP contribution in [0.2, 0.25) is 0 Å². The fraction of sp³-hybridized carbons (Fsp3) is 0.364. The summed E-state index contributed by atoms with van der Waals surface area (Å²) in [6.45, 7) is -0.0722. The van der Waals surface area contributed by atoms with Gasteiger partial charge in [0.25, 0.3) is 0 Å². The molecule has 0 fully saturated rings. The predicted octanol–water partition coefficient (Wildman–Crippen LogP) is 0.238. The number of nitrogens with two attached hydrogens (primary N) is 1. The van der Waals surface area contributed by atoms with Crippen LogP contribution < -0.4 is 10.5 Å². The normalized spacial score (nSPS) is 12.1. The van der Waals surface area contributed by atoms with Crippen LogP contribution in [0.15, 0.2) is 18.2 Å². The first-order valence-electron chi connectivity index (χ1n) is 5.11. The largest absolute Gasteiger partial charge is 0.504 e. The summed E-state index contributed by atoms with van der Waals surface area (Å²) in [6.07, 6.45) is -1.14. The number of ether oxygens (including phenoxy) is 1. The highest BCUT2D eigenvalue weighted by molar-refractivity contribution is 5.66. The van der Waals surface area contributed by atoms with Crippen LogP contribution in [0.3, 0.4) is 0 Å². The Morgan fingerprint density at radius 2 is 2.18 bits per heavy atom. The second-order valence-electron chi connectivity index (χ2n) is 3.44. The maximum absolute atomic E-state index is 10.3. The second kappa shape index (κ2) is 6.07. The summed E-state index contributed by atoms with van der Waals surface area (Å²) < 4.78 is 5.10. The third kappa shape index (κ3) is 3.61. The minimum absolute atomic E-state index is 0.0217. The van der Waals surface area contributed by atoms with Gasteiger partial charge in [-0.15, -0.1) is 0 Å². The van der Waals surface area contributed by atoms with Crippen molar-refractivity contribution in [1.29, 1.82) is 0 Å². The number of para-hydroxylation sites is 1. The average Bonchev–Trinajstić information content (AvgIpc) is 2.30. The lowest BCUT2D eigenvalue weighted by molar-refractivity contribution is -0.137. The van der Waals surface area contributed by atoms with Gasteiger partial charge in [0.1, 0.15) is 0 Å². The van der Waals surface area contributed by atoms with Gasteiger partial charge in [0.05, 0.1) is 19.1 Å². The van der Waals surface area contributed by atoms with Crippen molar-refractivity contribution in [2.24, 2.45) is 5.73 Å². The monoisotopic (exact) mass is 241 g/mol. The van der Waals surface area contributed by atoms with Gasteiger partial charge in [-0.05, 0) is 6.07 Å². The number of hydrogen-bond acceptors (Lipinski definition) is 5. The van der Waals surface area contributed by atoms with Gasteiger partial charge in [-0.2, -0.15) is 0 Å². The zero-order valence-corrected chi connectivity index (χ0v) is 9.17. The molecule has 0 amide bonds. The van der Waals surface area contributed by atoms with E-state index in [-0.39, 0.29) is 36.6 Å². The van der Waals surface area contributed by atoms with Crippen LogP contribution in [-0.2, 0) is 4.79 Å². The standard InChI is InChI=1S/C11H15NO5/c12-6-8(13)7-2-1-3-9(11(7)16)17-5-4-10(14)15/h1-3,8,13,16H,4-6,12H2,(H,14,15). The number of hydrogen-bond donors (Lipinski definition) is 4. The molecule has 6 heteroatoms. The number of phenolic OH excluding ortho intramolecular Hbond substituents is 1. The molecule has 0 heterocycles. The lowest BCUT2D eigenvalue weighted by Crippen LogP contribution is -2.12. The van der Waals surface area contributed by atoms with Gasteiger partial charge < -0.3 is 25.8 Å². The van der Waals surface area contributed by atoms with E-state index in [1.807, 2.05) is 0 Å². The quantitative estimate of drug-likeness (QED) is 0.567. The molecule has 1 unspecified atom stereocenters. The first-order chi connectivity index (χ1) is 8.06. The summed E-state index contributed by atoms with van der Waals surface area (Å²) in [4.78, 5) is 10.3. The number of aromatic hydroxyl groups is 1. The molecule has 94 valence electrons. The molecule has 0 bridgehead atoms. The number of aliphatic carboxylic acids is 1. The van der Waals surface area contributed by atoms with Gasteiger partial charge in [-0.25, -0.2) is 0 Å². The van der Waals surface area contributed by atoms with E-state index in [2.05, 4.69) is 0 Å². The van der Waals surface area contributed by atoms with Crippen molar-refractivity contribution in [3.05, 3.63) is 23.8 Å². The summed E-state index contributed by atoms with van der Waals surface area (Å²) in [5.41, 5.74) is 5.55. The van der Waals surface area contributed by atoms with Crippen molar-refractivity contribution < 1.29 is 24.9 Å². The van der Waals surface area contributed by atoms with Crippen LogP contribution >= 0.6 is 0 Å². The van der Waals surface area contributed by atoms with Gasteiger partial charge in [0.2, 0.25) is 0 Å². The van der Waals surface area contributed by atoms with Crippen molar-refractivity contribution in [2.75, 3.05) is 13.2 Å². The second-order valence-corrected chi connectivity index (χ2v) is 3.44. The minimum atomic E-state index is -0.984. The van der Waals surface area contributed by atoms with Gasteiger partial charge in [-0.3, -0.25) is 4.79 Å². The first kappa shape index (κ1) is 13.3. The van der Waals surface area contributed by atoms with Gasteiger partial charge in [-0.1, -0.05) is 12.1 Å². The minimum Gasteiger partial charge on any atom is -0.504 e. The van der Waals surface area contributed by atoms with Crippen molar-refractivity contribution in [1.82, 2.24) is 0 Å². The third-order valence-electron chi connectivity index (χ3n) is 2.19. The number of aliphatic hydroxyl groups is 1. The van der Waals surface area contributed by atoms with Gasteiger partial charge >= 0.3 is 5.97 Å². The summed E-state index contributed by atoms with van der Waals surface area (Å²) in [5, 5.41) is 27.7. The Hall–Kier alpha value is -1.79. The van der Waals surface area contributed by atoms with Gasteiger partial charge in [0.15, 0.2) is 11.5 Å². The highest BCUT2D eigenvalue weighted by atomic mass is 16.5. The molecule has 0 aliphatic heterocycles. The maximum Gasteiger partial charge on any atom is 0.306 e. The molecule has 0 aliphatic rings. The van der Waals surface area contributed by atoms with E-state index < -0.39 is 12.1 Å². The maximum atomic E-state index is 10.3. The SMILES string of the molecule is NCC(O)c1cccc(OCCC(=O)O)c1O. The number of rotatable bonds is 6. The predicted molar refractivity (Wildman–Crippen MR) is 59.9 cm³/mol. The number of carbonyl (C=O) groups is 1. The van der Waals surface area contributed by atoms with Crippen LogP contribution in [0.25, 0.3) is 0 Å². The van der Waals surface area contributed by atoms with E-state index in [1.165, 1.54) is 12.1 Å². The number of phenols is 1. The third-order valence-corrected chi connectivity index (χ3v) is 2.19. The summed E-state index contributed by atoms with van der Waals surface area (Å²) in [6, 6.07) is 4.60. The number of carboxylic acids is 1. The van der Waals surface area contributed by atoms with Crippen LogP contribution in [0, 0.1) is 0 Å². The van der Waals surface area contributed by atoms with Crippen LogP contribution in [-0.4, -0.2) is 34.4 Å². The molecule has 1 aromatic rings. The molecule has 0 aromatic heterocycles. The summed E-state index contributed by atoms with van der Waals surface area (Å²) in [7, 11) is 0. The lowest BCUT2D eigenvalue weighted by atomic mass is 10.1. The molecule has 0 saturated heterocycles. The molecule has 1 aromatic carbocycles. The Balaban J connectivity index is 2.76. The van der Waals surface area contributed by atoms with E-state index >= 15 is 0 Å². The fourth-order valence-corrected chi connectivity index (χ4v) is 1.30.